The Hall–Kier alpha value is -2.37. The normalized spacial score (nSPS) is 12.2. The third-order valence-electron chi connectivity index (χ3n) is 13.6. The molecular formula is C63H116O6. The minimum absolute atomic E-state index is 0.0740. The van der Waals surface area contributed by atoms with Crippen molar-refractivity contribution in [1.29, 1.82) is 0 Å². The largest absolute Gasteiger partial charge is 0.462 e. The van der Waals surface area contributed by atoms with E-state index in [0.717, 1.165) is 64.2 Å². The Morgan fingerprint density at radius 2 is 0.478 bits per heavy atom. The van der Waals surface area contributed by atoms with Crippen molar-refractivity contribution in [1.82, 2.24) is 0 Å². The van der Waals surface area contributed by atoms with Crippen LogP contribution in [0.1, 0.15) is 329 Å². The second-order valence-electron chi connectivity index (χ2n) is 20.6. The van der Waals surface area contributed by atoms with E-state index in [-0.39, 0.29) is 31.1 Å². The van der Waals surface area contributed by atoms with Crippen molar-refractivity contribution in [3.05, 3.63) is 36.5 Å². The Balaban J connectivity index is 4.32. The van der Waals surface area contributed by atoms with Crippen LogP contribution in [-0.4, -0.2) is 37.2 Å². The number of rotatable bonds is 56. The summed E-state index contributed by atoms with van der Waals surface area (Å²) in [4.78, 5) is 38.2. The van der Waals surface area contributed by atoms with Gasteiger partial charge in [0.05, 0.1) is 0 Å². The molecule has 0 spiro atoms. The van der Waals surface area contributed by atoms with Crippen molar-refractivity contribution < 1.29 is 28.6 Å². The van der Waals surface area contributed by atoms with Crippen molar-refractivity contribution >= 4 is 17.9 Å². The van der Waals surface area contributed by atoms with Crippen LogP contribution in [0.3, 0.4) is 0 Å². The Kier molecular flexibility index (Phi) is 56.2. The average molecular weight is 970 g/mol. The monoisotopic (exact) mass is 969 g/mol. The molecule has 0 aromatic rings. The molecule has 0 aliphatic carbocycles. The van der Waals surface area contributed by atoms with Gasteiger partial charge in [0.25, 0.3) is 0 Å². The third-order valence-corrected chi connectivity index (χ3v) is 13.6. The van der Waals surface area contributed by atoms with E-state index in [1.165, 1.54) is 225 Å². The fourth-order valence-corrected chi connectivity index (χ4v) is 8.96. The first-order chi connectivity index (χ1) is 34.0. The van der Waals surface area contributed by atoms with Gasteiger partial charge in [0.1, 0.15) is 13.2 Å². The van der Waals surface area contributed by atoms with Gasteiger partial charge in [-0.2, -0.15) is 0 Å². The summed E-state index contributed by atoms with van der Waals surface area (Å²) in [7, 11) is 0. The molecule has 0 rings (SSSR count). The number of unbranched alkanes of at least 4 members (excludes halogenated alkanes) is 39. The molecule has 0 aromatic heterocycles. The summed E-state index contributed by atoms with van der Waals surface area (Å²) in [5.74, 6) is -0.869. The average Bonchev–Trinajstić information content (AvgIpc) is 3.35. The summed E-state index contributed by atoms with van der Waals surface area (Å²) < 4.78 is 16.9. The summed E-state index contributed by atoms with van der Waals surface area (Å²) >= 11 is 0. The zero-order valence-corrected chi connectivity index (χ0v) is 46.3. The lowest BCUT2D eigenvalue weighted by molar-refractivity contribution is -0.167. The lowest BCUT2D eigenvalue weighted by Crippen LogP contribution is -2.30. The van der Waals surface area contributed by atoms with E-state index in [0.29, 0.717) is 19.3 Å². The second-order valence-corrected chi connectivity index (χ2v) is 20.6. The molecule has 0 saturated heterocycles. The van der Waals surface area contributed by atoms with Crippen molar-refractivity contribution in [2.24, 2.45) is 0 Å². The smallest absolute Gasteiger partial charge is 0.306 e. The highest BCUT2D eigenvalue weighted by Gasteiger charge is 2.19. The van der Waals surface area contributed by atoms with Crippen molar-refractivity contribution in [2.45, 2.75) is 335 Å². The third kappa shape index (κ3) is 56.4. The van der Waals surface area contributed by atoms with Gasteiger partial charge in [0, 0.05) is 19.3 Å². The van der Waals surface area contributed by atoms with Gasteiger partial charge in [0.15, 0.2) is 6.10 Å². The fourth-order valence-electron chi connectivity index (χ4n) is 8.96. The Bertz CT molecular complexity index is 1160. The van der Waals surface area contributed by atoms with Crippen LogP contribution in [-0.2, 0) is 28.6 Å². The van der Waals surface area contributed by atoms with E-state index in [1.54, 1.807) is 0 Å². The van der Waals surface area contributed by atoms with Crippen LogP contribution in [0.4, 0.5) is 0 Å². The number of carbonyl (C=O) groups excluding carboxylic acids is 3. The first-order valence-electron chi connectivity index (χ1n) is 30.5. The Morgan fingerprint density at radius 3 is 0.739 bits per heavy atom. The van der Waals surface area contributed by atoms with Crippen LogP contribution in [0.2, 0.25) is 0 Å². The second kappa shape index (κ2) is 58.2. The van der Waals surface area contributed by atoms with Crippen LogP contribution >= 0.6 is 0 Å². The Labute approximate surface area is 429 Å². The zero-order valence-electron chi connectivity index (χ0n) is 46.3. The van der Waals surface area contributed by atoms with E-state index in [2.05, 4.69) is 57.2 Å². The lowest BCUT2D eigenvalue weighted by atomic mass is 10.1. The van der Waals surface area contributed by atoms with Gasteiger partial charge in [-0.25, -0.2) is 0 Å². The molecule has 0 aromatic carbocycles. The fraction of sp³-hybridized carbons (Fsp3) is 0.857. The number of hydrogen-bond acceptors (Lipinski definition) is 6. The quantitative estimate of drug-likeness (QED) is 0.0261. The van der Waals surface area contributed by atoms with Gasteiger partial charge in [0.2, 0.25) is 0 Å². The zero-order chi connectivity index (χ0) is 50.0. The van der Waals surface area contributed by atoms with Crippen LogP contribution < -0.4 is 0 Å². The molecule has 0 fully saturated rings. The number of carbonyl (C=O) groups is 3. The molecule has 0 amide bonds. The van der Waals surface area contributed by atoms with Crippen LogP contribution in [0.25, 0.3) is 0 Å². The highest BCUT2D eigenvalue weighted by molar-refractivity contribution is 5.71. The molecule has 404 valence electrons. The van der Waals surface area contributed by atoms with Crippen LogP contribution in [0.15, 0.2) is 36.5 Å². The number of esters is 3. The summed E-state index contributed by atoms with van der Waals surface area (Å²) in [6.07, 6.45) is 69.9. The number of ether oxygens (including phenoxy) is 3. The molecule has 0 unspecified atom stereocenters. The predicted molar refractivity (Wildman–Crippen MR) is 298 cm³/mol. The van der Waals surface area contributed by atoms with Gasteiger partial charge in [-0.05, 0) is 96.3 Å². The SMILES string of the molecule is CCCCCC/C=C\CCCCCCCC(=O)OC[C@H](COC(=O)CCCCCCCCCCC/C=C\CCCCCCCC)OC(=O)CCCCCCCCCCC/C=C\CCCCCCCC. The maximum Gasteiger partial charge on any atom is 0.306 e. The predicted octanol–water partition coefficient (Wildman–Crippen LogP) is 20.4. The van der Waals surface area contributed by atoms with Crippen LogP contribution in [0.5, 0.6) is 0 Å². The minimum atomic E-state index is -0.776. The standard InChI is InChI=1S/C63H116O6/c1-4-7-10-13-16-19-22-25-27-29-31-33-35-38-41-44-47-50-53-56-62(65)68-59-60(58-67-61(64)55-52-49-46-43-40-37-24-21-18-15-12-9-6-3)69-63(66)57-54-51-48-45-42-39-36-34-32-30-28-26-23-20-17-14-11-8-5-2/h21,24-28,60H,4-20,22-23,29-59H2,1-3H3/b24-21-,27-25-,28-26-/t60-/m1/s1. The van der Waals surface area contributed by atoms with Crippen LogP contribution in [0, 0.1) is 0 Å². The first-order valence-corrected chi connectivity index (χ1v) is 30.5. The van der Waals surface area contributed by atoms with E-state index >= 15 is 0 Å². The molecule has 0 heterocycles. The summed E-state index contributed by atoms with van der Waals surface area (Å²) in [5, 5.41) is 0. The van der Waals surface area contributed by atoms with Crippen molar-refractivity contribution in [2.75, 3.05) is 13.2 Å². The highest BCUT2D eigenvalue weighted by atomic mass is 16.6. The molecule has 0 aliphatic heterocycles. The van der Waals surface area contributed by atoms with Crippen molar-refractivity contribution in [3.8, 4) is 0 Å². The molecular weight excluding hydrogens is 853 g/mol. The molecule has 0 bridgehead atoms. The van der Waals surface area contributed by atoms with E-state index in [4.69, 9.17) is 14.2 Å². The van der Waals surface area contributed by atoms with Gasteiger partial charge in [-0.3, -0.25) is 14.4 Å². The topological polar surface area (TPSA) is 78.9 Å². The van der Waals surface area contributed by atoms with E-state index in [1.807, 2.05) is 0 Å². The van der Waals surface area contributed by atoms with Crippen molar-refractivity contribution in [3.63, 3.8) is 0 Å². The summed E-state index contributed by atoms with van der Waals surface area (Å²) in [6, 6.07) is 0. The van der Waals surface area contributed by atoms with E-state index in [9.17, 15) is 14.4 Å². The van der Waals surface area contributed by atoms with E-state index < -0.39 is 6.10 Å². The highest BCUT2D eigenvalue weighted by Crippen LogP contribution is 2.16. The van der Waals surface area contributed by atoms with Gasteiger partial charge < -0.3 is 14.2 Å². The number of hydrogen-bond donors (Lipinski definition) is 0. The number of allylic oxidation sites excluding steroid dienone is 6. The molecule has 6 heteroatoms. The Morgan fingerprint density at radius 1 is 0.275 bits per heavy atom. The maximum absolute atomic E-state index is 12.9. The maximum atomic E-state index is 12.9. The molecule has 0 aliphatic rings. The molecule has 69 heavy (non-hydrogen) atoms. The first kappa shape index (κ1) is 66.6. The van der Waals surface area contributed by atoms with Gasteiger partial charge >= 0.3 is 17.9 Å². The molecule has 0 N–H and O–H groups in total. The minimum Gasteiger partial charge on any atom is -0.462 e. The molecule has 0 saturated carbocycles. The lowest BCUT2D eigenvalue weighted by Gasteiger charge is -2.18. The summed E-state index contributed by atoms with van der Waals surface area (Å²) in [6.45, 7) is 6.65. The van der Waals surface area contributed by atoms with Gasteiger partial charge in [-0.1, -0.05) is 250 Å². The molecule has 1 atom stereocenters. The summed E-state index contributed by atoms with van der Waals surface area (Å²) in [5.41, 5.74) is 0. The van der Waals surface area contributed by atoms with Gasteiger partial charge in [-0.15, -0.1) is 0 Å². The molecule has 6 nitrogen and oxygen atoms in total. The molecule has 0 radical (unpaired) electrons.